The lowest BCUT2D eigenvalue weighted by Gasteiger charge is -2.03. The van der Waals surface area contributed by atoms with E-state index in [0.29, 0.717) is 13.1 Å². The van der Waals surface area contributed by atoms with E-state index in [1.54, 1.807) is 10.9 Å². The van der Waals surface area contributed by atoms with Crippen LogP contribution in [-0.4, -0.2) is 36.9 Å². The lowest BCUT2D eigenvalue weighted by atomic mass is 10.4. The maximum atomic E-state index is 11.9. The second-order valence-corrected chi connectivity index (χ2v) is 4.56. The molecule has 0 saturated heterocycles. The molecule has 0 aliphatic rings. The van der Waals surface area contributed by atoms with E-state index in [1.165, 1.54) is 10.9 Å². The van der Waals surface area contributed by atoms with Crippen molar-refractivity contribution in [3.8, 4) is 0 Å². The summed E-state index contributed by atoms with van der Waals surface area (Å²) in [4.78, 5) is 21.9. The van der Waals surface area contributed by atoms with Crippen LogP contribution in [0.25, 0.3) is 0 Å². The van der Waals surface area contributed by atoms with E-state index in [0.717, 1.165) is 6.20 Å². The van der Waals surface area contributed by atoms with Crippen LogP contribution in [0.2, 0.25) is 5.02 Å². The van der Waals surface area contributed by atoms with Crippen molar-refractivity contribution in [2.75, 3.05) is 6.54 Å². The molecule has 0 aliphatic carbocycles. The summed E-state index contributed by atoms with van der Waals surface area (Å²) < 4.78 is 2.94. The molecule has 0 aromatic carbocycles. The number of aromatic nitrogens is 4. The van der Waals surface area contributed by atoms with Crippen molar-refractivity contribution in [2.24, 2.45) is 0 Å². The van der Waals surface area contributed by atoms with Crippen LogP contribution in [0.5, 0.6) is 0 Å². The van der Waals surface area contributed by atoms with Gasteiger partial charge in [0, 0.05) is 19.3 Å². The number of carbonyl (C=O) groups excluding carboxylic acids is 1. The van der Waals surface area contributed by atoms with E-state index in [-0.39, 0.29) is 22.9 Å². The number of halogens is 1. The number of hydrogen-bond acceptors (Lipinski definition) is 5. The Morgan fingerprint density at radius 1 is 1.48 bits per heavy atom. The molecule has 0 radical (unpaired) electrons. The number of amides is 1. The predicted octanol–water partition coefficient (Wildman–Crippen LogP) is 1.09. The molecule has 2 aromatic rings. The lowest BCUT2D eigenvalue weighted by Crippen LogP contribution is -2.28. The molecular weight excluding hydrogens is 300 g/mol. The highest BCUT2D eigenvalue weighted by atomic mass is 35.5. The van der Waals surface area contributed by atoms with E-state index in [9.17, 15) is 14.9 Å². The molecule has 1 amide bonds. The second kappa shape index (κ2) is 6.35. The average molecular weight is 313 g/mol. The monoisotopic (exact) mass is 312 g/mol. The highest BCUT2D eigenvalue weighted by Gasteiger charge is 2.15. The minimum Gasteiger partial charge on any atom is -0.349 e. The summed E-state index contributed by atoms with van der Waals surface area (Å²) in [5.74, 6) is -0.395. The largest absolute Gasteiger partial charge is 0.349 e. The highest BCUT2D eigenvalue weighted by molar-refractivity contribution is 6.33. The van der Waals surface area contributed by atoms with Gasteiger partial charge in [0.05, 0.1) is 16.5 Å². The van der Waals surface area contributed by atoms with Crippen molar-refractivity contribution in [3.05, 3.63) is 39.4 Å². The van der Waals surface area contributed by atoms with E-state index in [4.69, 9.17) is 11.6 Å². The summed E-state index contributed by atoms with van der Waals surface area (Å²) in [5.41, 5.74) is 0.0658. The number of carbonyl (C=O) groups is 1. The van der Waals surface area contributed by atoms with Crippen LogP contribution < -0.4 is 5.32 Å². The van der Waals surface area contributed by atoms with Gasteiger partial charge in [-0.2, -0.15) is 10.2 Å². The SMILES string of the molecule is CCn1cc(Cl)c(C(=O)NCCn2cc([N+](=O)[O-])cn2)n1. The molecular formula is C11H13ClN6O3. The van der Waals surface area contributed by atoms with Gasteiger partial charge in [0.15, 0.2) is 5.69 Å². The Morgan fingerprint density at radius 3 is 2.81 bits per heavy atom. The summed E-state index contributed by atoms with van der Waals surface area (Å²) in [5, 5.41) is 21.3. The molecule has 0 atom stereocenters. The first-order chi connectivity index (χ1) is 10.0. The van der Waals surface area contributed by atoms with Gasteiger partial charge in [-0.15, -0.1) is 0 Å². The normalized spacial score (nSPS) is 10.6. The van der Waals surface area contributed by atoms with Crippen molar-refractivity contribution < 1.29 is 9.72 Å². The molecule has 0 bridgehead atoms. The minimum absolute atomic E-state index is 0.0916. The first-order valence-electron chi connectivity index (χ1n) is 6.19. The zero-order chi connectivity index (χ0) is 15.4. The van der Waals surface area contributed by atoms with Gasteiger partial charge in [-0.1, -0.05) is 11.6 Å². The molecule has 9 nitrogen and oxygen atoms in total. The molecule has 0 fully saturated rings. The molecule has 2 rings (SSSR count). The van der Waals surface area contributed by atoms with Gasteiger partial charge in [-0.25, -0.2) is 0 Å². The minimum atomic E-state index is -0.529. The Balaban J connectivity index is 1.88. The summed E-state index contributed by atoms with van der Waals surface area (Å²) >= 11 is 5.92. The van der Waals surface area contributed by atoms with Crippen molar-refractivity contribution in [1.82, 2.24) is 24.9 Å². The van der Waals surface area contributed by atoms with Crippen molar-refractivity contribution in [3.63, 3.8) is 0 Å². The van der Waals surface area contributed by atoms with Crippen LogP contribution in [-0.2, 0) is 13.1 Å². The lowest BCUT2D eigenvalue weighted by molar-refractivity contribution is -0.385. The van der Waals surface area contributed by atoms with Crippen LogP contribution in [0.15, 0.2) is 18.6 Å². The third-order valence-electron chi connectivity index (χ3n) is 2.71. The number of hydrogen-bond donors (Lipinski definition) is 1. The Hall–Kier alpha value is -2.42. The first kappa shape index (κ1) is 15.0. The molecule has 2 heterocycles. The van der Waals surface area contributed by atoms with Gasteiger partial charge in [0.2, 0.25) is 0 Å². The third-order valence-corrected chi connectivity index (χ3v) is 2.99. The molecule has 112 valence electrons. The van der Waals surface area contributed by atoms with Crippen LogP contribution in [0.1, 0.15) is 17.4 Å². The van der Waals surface area contributed by atoms with Crippen LogP contribution in [0.4, 0.5) is 5.69 Å². The molecule has 21 heavy (non-hydrogen) atoms. The zero-order valence-electron chi connectivity index (χ0n) is 11.2. The van der Waals surface area contributed by atoms with Gasteiger partial charge in [-0.3, -0.25) is 24.3 Å². The molecule has 0 unspecified atom stereocenters. The predicted molar refractivity (Wildman–Crippen MR) is 74.1 cm³/mol. The van der Waals surface area contributed by atoms with Crippen LogP contribution >= 0.6 is 11.6 Å². The van der Waals surface area contributed by atoms with Crippen molar-refractivity contribution >= 4 is 23.2 Å². The summed E-state index contributed by atoms with van der Waals surface area (Å²) in [6.45, 7) is 3.07. The molecule has 2 aromatic heterocycles. The Kier molecular flexibility index (Phi) is 4.53. The summed E-state index contributed by atoms with van der Waals surface area (Å²) in [7, 11) is 0. The number of nitrogens with one attached hydrogen (secondary N) is 1. The topological polar surface area (TPSA) is 108 Å². The molecule has 0 saturated carbocycles. The zero-order valence-corrected chi connectivity index (χ0v) is 11.9. The maximum Gasteiger partial charge on any atom is 0.306 e. The Morgan fingerprint density at radius 2 is 2.24 bits per heavy atom. The van der Waals surface area contributed by atoms with E-state index < -0.39 is 10.8 Å². The molecule has 0 aliphatic heterocycles. The first-order valence-corrected chi connectivity index (χ1v) is 6.57. The number of rotatable bonds is 6. The van der Waals surface area contributed by atoms with Gasteiger partial charge < -0.3 is 5.32 Å². The van der Waals surface area contributed by atoms with Crippen molar-refractivity contribution in [2.45, 2.75) is 20.0 Å². The van der Waals surface area contributed by atoms with Gasteiger partial charge in [0.1, 0.15) is 12.4 Å². The fourth-order valence-corrected chi connectivity index (χ4v) is 1.89. The highest BCUT2D eigenvalue weighted by Crippen LogP contribution is 2.13. The van der Waals surface area contributed by atoms with E-state index in [2.05, 4.69) is 15.5 Å². The fourth-order valence-electron chi connectivity index (χ4n) is 1.65. The number of nitro groups is 1. The quantitative estimate of drug-likeness (QED) is 0.634. The summed E-state index contributed by atoms with van der Waals surface area (Å²) in [6, 6.07) is 0. The van der Waals surface area contributed by atoms with Crippen molar-refractivity contribution in [1.29, 1.82) is 0 Å². The maximum absolute atomic E-state index is 11.9. The fraction of sp³-hybridized carbons (Fsp3) is 0.364. The van der Waals surface area contributed by atoms with Crippen LogP contribution in [0, 0.1) is 10.1 Å². The average Bonchev–Trinajstić information content (AvgIpc) is 3.05. The number of aryl methyl sites for hydroxylation is 1. The third kappa shape index (κ3) is 3.57. The summed E-state index contributed by atoms with van der Waals surface area (Å²) in [6.07, 6.45) is 4.03. The van der Waals surface area contributed by atoms with E-state index >= 15 is 0 Å². The Bertz CT molecular complexity index is 665. The molecule has 0 spiro atoms. The standard InChI is InChI=1S/C11H13ClN6O3/c1-2-16-7-9(12)10(15-16)11(19)13-3-4-17-6-8(5-14-17)18(20)21/h5-7H,2-4H2,1H3,(H,13,19). The van der Waals surface area contributed by atoms with Gasteiger partial charge >= 0.3 is 5.69 Å². The molecule has 10 heteroatoms. The molecule has 1 N–H and O–H groups in total. The van der Waals surface area contributed by atoms with Gasteiger partial charge in [0.25, 0.3) is 5.91 Å². The van der Waals surface area contributed by atoms with Gasteiger partial charge in [-0.05, 0) is 6.92 Å². The Labute approximate surface area is 124 Å². The smallest absolute Gasteiger partial charge is 0.306 e. The second-order valence-electron chi connectivity index (χ2n) is 4.16. The van der Waals surface area contributed by atoms with Crippen LogP contribution in [0.3, 0.4) is 0 Å². The van der Waals surface area contributed by atoms with E-state index in [1.807, 2.05) is 6.92 Å². The number of nitrogens with zero attached hydrogens (tertiary/aromatic N) is 5.